The lowest BCUT2D eigenvalue weighted by Gasteiger charge is -2.60. The van der Waals surface area contributed by atoms with Crippen molar-refractivity contribution in [2.45, 2.75) is 71.3 Å². The summed E-state index contributed by atoms with van der Waals surface area (Å²) in [6, 6.07) is 6.92. The van der Waals surface area contributed by atoms with E-state index < -0.39 is 0 Å². The number of aliphatic hydroxyl groups is 1. The fourth-order valence-electron chi connectivity index (χ4n) is 8.67. The molecule has 3 fully saturated rings. The first-order valence-corrected chi connectivity index (χ1v) is 12.3. The Kier molecular flexibility index (Phi) is 4.29. The van der Waals surface area contributed by atoms with Crippen LogP contribution < -0.4 is 0 Å². The van der Waals surface area contributed by atoms with Crippen LogP contribution in [0, 0.1) is 40.3 Å². The highest BCUT2D eigenvalue weighted by molar-refractivity contribution is 5.65. The SMILES string of the molecule is Cn1nc2c(c1-c1ccc(F)cc1)C[C@@]1(C)[C@@H](CC[C@@H]3[C@@H]1CC[C@]1(C)[C@@H](O)CC[C@@H]31)C2. The lowest BCUT2D eigenvalue weighted by atomic mass is 9.45. The molecule has 4 aliphatic carbocycles. The molecule has 0 saturated heterocycles. The molecule has 1 aromatic heterocycles. The fraction of sp³-hybridized carbons (Fsp3) is 0.667. The fourth-order valence-corrected chi connectivity index (χ4v) is 8.67. The Morgan fingerprint density at radius 2 is 1.74 bits per heavy atom. The number of hydrogen-bond donors (Lipinski definition) is 1. The van der Waals surface area contributed by atoms with Gasteiger partial charge >= 0.3 is 0 Å². The Bertz CT molecular complexity index is 1010. The van der Waals surface area contributed by atoms with Gasteiger partial charge in [0.1, 0.15) is 5.82 Å². The lowest BCUT2D eigenvalue weighted by molar-refractivity contribution is -0.111. The Labute approximate surface area is 185 Å². The third-order valence-electron chi connectivity index (χ3n) is 10.4. The summed E-state index contributed by atoms with van der Waals surface area (Å²) < 4.78 is 15.6. The highest BCUT2D eigenvalue weighted by atomic mass is 19.1. The summed E-state index contributed by atoms with van der Waals surface area (Å²) >= 11 is 0. The first-order valence-electron chi connectivity index (χ1n) is 12.3. The molecule has 1 N–H and O–H groups in total. The molecule has 3 nitrogen and oxygen atoms in total. The first-order chi connectivity index (χ1) is 14.8. The Hall–Kier alpha value is -1.68. The van der Waals surface area contributed by atoms with Gasteiger partial charge in [0.05, 0.1) is 17.5 Å². The average molecular weight is 423 g/mol. The second kappa shape index (κ2) is 6.66. The molecular formula is C27H35FN2O. The molecular weight excluding hydrogens is 387 g/mol. The van der Waals surface area contributed by atoms with Gasteiger partial charge in [-0.1, -0.05) is 13.8 Å². The number of aromatic nitrogens is 2. The number of benzene rings is 1. The molecule has 1 aromatic carbocycles. The van der Waals surface area contributed by atoms with Crippen molar-refractivity contribution in [1.29, 1.82) is 0 Å². The van der Waals surface area contributed by atoms with Gasteiger partial charge in [-0.05, 0) is 110 Å². The molecule has 3 saturated carbocycles. The van der Waals surface area contributed by atoms with E-state index >= 15 is 0 Å². The highest BCUT2D eigenvalue weighted by Gasteiger charge is 2.60. The molecule has 0 spiro atoms. The van der Waals surface area contributed by atoms with Crippen LogP contribution in [-0.2, 0) is 19.9 Å². The van der Waals surface area contributed by atoms with Crippen molar-refractivity contribution in [3.8, 4) is 11.3 Å². The van der Waals surface area contributed by atoms with Crippen LogP contribution in [0.25, 0.3) is 11.3 Å². The van der Waals surface area contributed by atoms with Crippen molar-refractivity contribution in [2.75, 3.05) is 0 Å². The van der Waals surface area contributed by atoms with E-state index in [1.54, 1.807) is 12.1 Å². The molecule has 0 amide bonds. The Morgan fingerprint density at radius 3 is 2.52 bits per heavy atom. The maximum Gasteiger partial charge on any atom is 0.123 e. The van der Waals surface area contributed by atoms with Crippen LogP contribution in [0.5, 0.6) is 0 Å². The van der Waals surface area contributed by atoms with E-state index in [2.05, 4.69) is 13.8 Å². The summed E-state index contributed by atoms with van der Waals surface area (Å²) in [5, 5.41) is 15.7. The van der Waals surface area contributed by atoms with Crippen molar-refractivity contribution in [3.63, 3.8) is 0 Å². The van der Waals surface area contributed by atoms with Gasteiger partial charge in [0.25, 0.3) is 0 Å². The predicted molar refractivity (Wildman–Crippen MR) is 120 cm³/mol. The summed E-state index contributed by atoms with van der Waals surface area (Å²) in [4.78, 5) is 0. The van der Waals surface area contributed by atoms with Crippen LogP contribution in [0.2, 0.25) is 0 Å². The summed E-state index contributed by atoms with van der Waals surface area (Å²) in [5.74, 6) is 2.69. The molecule has 4 aliphatic rings. The van der Waals surface area contributed by atoms with Gasteiger partial charge in [-0.15, -0.1) is 0 Å². The normalized spacial score (nSPS) is 41.3. The Morgan fingerprint density at radius 1 is 1.00 bits per heavy atom. The van der Waals surface area contributed by atoms with E-state index in [4.69, 9.17) is 5.10 Å². The Balaban J connectivity index is 1.38. The highest BCUT2D eigenvalue weighted by Crippen LogP contribution is 2.65. The minimum Gasteiger partial charge on any atom is -0.393 e. The van der Waals surface area contributed by atoms with Crippen LogP contribution >= 0.6 is 0 Å². The molecule has 1 heterocycles. The number of rotatable bonds is 1. The van der Waals surface area contributed by atoms with Crippen molar-refractivity contribution < 1.29 is 9.50 Å². The van der Waals surface area contributed by atoms with Gasteiger partial charge in [0, 0.05) is 18.2 Å². The van der Waals surface area contributed by atoms with E-state index in [9.17, 15) is 9.50 Å². The van der Waals surface area contributed by atoms with Crippen LogP contribution in [0.1, 0.15) is 63.6 Å². The van der Waals surface area contributed by atoms with Crippen LogP contribution in [-0.4, -0.2) is 21.0 Å². The summed E-state index contributed by atoms with van der Waals surface area (Å²) in [6.07, 6.45) is 9.30. The van der Waals surface area contributed by atoms with E-state index in [0.717, 1.165) is 36.7 Å². The van der Waals surface area contributed by atoms with Gasteiger partial charge in [-0.25, -0.2) is 4.39 Å². The molecule has 0 bridgehead atoms. The van der Waals surface area contributed by atoms with E-state index in [-0.39, 0.29) is 17.3 Å². The van der Waals surface area contributed by atoms with Gasteiger partial charge < -0.3 is 5.11 Å². The molecule has 4 heteroatoms. The van der Waals surface area contributed by atoms with Crippen LogP contribution in [0.4, 0.5) is 4.39 Å². The molecule has 6 rings (SSSR count). The quantitative estimate of drug-likeness (QED) is 0.655. The zero-order valence-corrected chi connectivity index (χ0v) is 19.1. The molecule has 166 valence electrons. The van der Waals surface area contributed by atoms with Crippen LogP contribution in [0.3, 0.4) is 0 Å². The third-order valence-corrected chi connectivity index (χ3v) is 10.4. The van der Waals surface area contributed by atoms with Crippen molar-refractivity contribution >= 4 is 0 Å². The minimum atomic E-state index is -0.189. The summed E-state index contributed by atoms with van der Waals surface area (Å²) in [5.41, 5.74) is 5.34. The van der Waals surface area contributed by atoms with Gasteiger partial charge in [0.15, 0.2) is 0 Å². The molecule has 0 radical (unpaired) electrons. The number of aryl methyl sites for hydroxylation is 1. The number of hydrogen-bond acceptors (Lipinski definition) is 2. The van der Waals surface area contributed by atoms with Gasteiger partial charge in [0.2, 0.25) is 0 Å². The number of fused-ring (bicyclic) bond motifs is 6. The summed E-state index contributed by atoms with van der Waals surface area (Å²) in [7, 11) is 2.04. The van der Waals surface area contributed by atoms with Crippen molar-refractivity contribution in [3.05, 3.63) is 41.3 Å². The largest absolute Gasteiger partial charge is 0.393 e. The third kappa shape index (κ3) is 2.70. The first kappa shape index (κ1) is 20.0. The molecule has 0 aliphatic heterocycles. The monoisotopic (exact) mass is 422 g/mol. The van der Waals surface area contributed by atoms with E-state index in [1.165, 1.54) is 49.1 Å². The lowest BCUT2D eigenvalue weighted by Crippen LogP contribution is -2.54. The minimum absolute atomic E-state index is 0.106. The van der Waals surface area contributed by atoms with Gasteiger partial charge in [-0.3, -0.25) is 4.68 Å². The summed E-state index contributed by atoms with van der Waals surface area (Å²) in [6.45, 7) is 4.93. The second-order valence-electron chi connectivity index (χ2n) is 11.6. The second-order valence-corrected chi connectivity index (χ2v) is 11.6. The smallest absolute Gasteiger partial charge is 0.123 e. The predicted octanol–water partition coefficient (Wildman–Crippen LogP) is 5.54. The molecule has 7 atom stereocenters. The molecule has 31 heavy (non-hydrogen) atoms. The van der Waals surface area contributed by atoms with Crippen LogP contribution in [0.15, 0.2) is 24.3 Å². The van der Waals surface area contributed by atoms with E-state index in [1.807, 2.05) is 23.9 Å². The number of nitrogens with zero attached hydrogens (tertiary/aromatic N) is 2. The van der Waals surface area contributed by atoms with E-state index in [0.29, 0.717) is 17.3 Å². The van der Waals surface area contributed by atoms with Crippen molar-refractivity contribution in [1.82, 2.24) is 9.78 Å². The zero-order valence-electron chi connectivity index (χ0n) is 19.1. The van der Waals surface area contributed by atoms with Gasteiger partial charge in [-0.2, -0.15) is 5.10 Å². The maximum absolute atomic E-state index is 13.6. The maximum atomic E-state index is 13.6. The standard InChI is InChI=1S/C27H35FN2O/c1-26-13-12-22-19(21(26)10-11-24(26)31)9-6-17-14-23-20(15-27(17,22)2)25(30(3)29-23)16-4-7-18(28)8-5-16/h4-5,7-8,17,19,21-22,24,31H,6,9-15H2,1-3H3/t17-,19-,21-,22-,24-,26-,27-/m0/s1. The topological polar surface area (TPSA) is 38.0 Å². The van der Waals surface area contributed by atoms with Crippen molar-refractivity contribution in [2.24, 2.45) is 41.5 Å². The zero-order chi connectivity index (χ0) is 21.5. The molecule has 2 aromatic rings. The average Bonchev–Trinajstić information content (AvgIpc) is 3.22. The number of halogens is 1. The number of aliphatic hydroxyl groups excluding tert-OH is 1. The molecule has 0 unspecified atom stereocenters.